The molecule has 0 saturated carbocycles. The van der Waals surface area contributed by atoms with E-state index in [1.54, 1.807) is 6.07 Å². The van der Waals surface area contributed by atoms with Crippen LogP contribution in [0.25, 0.3) is 0 Å². The number of para-hydroxylation sites is 1. The summed E-state index contributed by atoms with van der Waals surface area (Å²) < 4.78 is 39.3. The van der Waals surface area contributed by atoms with E-state index in [9.17, 15) is 22.7 Å². The molecule has 128 valence electrons. The van der Waals surface area contributed by atoms with Gasteiger partial charge in [-0.3, -0.25) is 4.79 Å². The highest BCUT2D eigenvalue weighted by molar-refractivity contribution is 8.18. The lowest BCUT2D eigenvalue weighted by Crippen LogP contribution is -2.70. The van der Waals surface area contributed by atoms with Gasteiger partial charge in [-0.25, -0.2) is 12.7 Å². The molecule has 0 radical (unpaired) electrons. The minimum Gasteiger partial charge on any atom is -0.462 e. The molecule has 1 aromatic rings. The molecule has 2 aliphatic rings. The first-order chi connectivity index (χ1) is 11.2. The van der Waals surface area contributed by atoms with Crippen molar-refractivity contribution in [2.75, 3.05) is 7.05 Å². The molecule has 2 unspecified atom stereocenters. The third-order valence-electron chi connectivity index (χ3n) is 3.99. The summed E-state index contributed by atoms with van der Waals surface area (Å²) in [6.07, 6.45) is 0.368. The monoisotopic (exact) mass is 371 g/mol. The molecular formula is C15H16FN2O4S2+. The number of thioether (sulfide) groups is 1. The second-order valence-electron chi connectivity index (χ2n) is 5.68. The Kier molecular flexibility index (Phi) is 4.16. The van der Waals surface area contributed by atoms with Gasteiger partial charge >= 0.3 is 5.90 Å². The maximum atomic E-state index is 13.7. The summed E-state index contributed by atoms with van der Waals surface area (Å²) in [4.78, 5) is 15.0. The molecule has 24 heavy (non-hydrogen) atoms. The largest absolute Gasteiger partial charge is 0.462 e. The number of hydrogen-bond acceptors (Lipinski definition) is 4. The van der Waals surface area contributed by atoms with E-state index in [4.69, 9.17) is 0 Å². The average Bonchev–Trinajstić information content (AvgIpc) is 2.90. The first-order valence-corrected chi connectivity index (χ1v) is 9.55. The van der Waals surface area contributed by atoms with E-state index < -0.39 is 33.6 Å². The lowest BCUT2D eigenvalue weighted by atomic mass is 9.95. The molecule has 0 spiro atoms. The predicted molar refractivity (Wildman–Crippen MR) is 88.5 cm³/mol. The minimum absolute atomic E-state index is 0.0136. The van der Waals surface area contributed by atoms with Crippen LogP contribution in [-0.4, -0.2) is 41.9 Å². The smallest absolute Gasteiger partial charge is 0.355 e. The number of aliphatic hydroxyl groups is 1. The van der Waals surface area contributed by atoms with E-state index in [-0.39, 0.29) is 15.2 Å². The predicted octanol–water partition coefficient (Wildman–Crippen LogP) is 0.649. The quantitative estimate of drug-likeness (QED) is 0.589. The molecule has 6 nitrogen and oxygen atoms in total. The number of nitrogens with zero attached hydrogens (tertiary/aromatic N) is 1. The van der Waals surface area contributed by atoms with Crippen LogP contribution in [0.1, 0.15) is 13.3 Å². The summed E-state index contributed by atoms with van der Waals surface area (Å²) in [6.45, 7) is 1.85. The van der Waals surface area contributed by atoms with Gasteiger partial charge in [0.25, 0.3) is 15.9 Å². The van der Waals surface area contributed by atoms with Crippen LogP contribution < -0.4 is 4.99 Å². The van der Waals surface area contributed by atoms with Gasteiger partial charge in [0.15, 0.2) is 11.7 Å². The van der Waals surface area contributed by atoms with Gasteiger partial charge in [0.1, 0.15) is 4.24 Å². The average molecular weight is 371 g/mol. The van der Waals surface area contributed by atoms with Crippen molar-refractivity contribution < 1.29 is 27.7 Å². The Morgan fingerprint density at radius 1 is 1.42 bits per heavy atom. The highest BCUT2D eigenvalue weighted by Gasteiger charge is 2.50. The zero-order valence-corrected chi connectivity index (χ0v) is 14.6. The van der Waals surface area contributed by atoms with Gasteiger partial charge in [-0.2, -0.15) is 9.38 Å². The zero-order chi connectivity index (χ0) is 17.6. The molecule has 1 amide bonds. The fourth-order valence-electron chi connectivity index (χ4n) is 2.78. The summed E-state index contributed by atoms with van der Waals surface area (Å²) in [5.74, 6) is -2.97. The Labute approximate surface area is 143 Å². The SMILES string of the molecule is CC1CC2=C(S1)S(=O)(=O)N(C)C(=O)C2C(O)=[NH+]c1ccccc1F. The minimum atomic E-state index is -3.87. The number of benzene rings is 1. The van der Waals surface area contributed by atoms with Crippen molar-refractivity contribution in [2.45, 2.75) is 18.6 Å². The molecule has 1 aromatic carbocycles. The van der Waals surface area contributed by atoms with E-state index in [0.29, 0.717) is 16.3 Å². The Bertz CT molecular complexity index is 879. The molecule has 2 atom stereocenters. The lowest BCUT2D eigenvalue weighted by molar-refractivity contribution is -0.371. The number of hydrogen-bond donors (Lipinski definition) is 2. The third kappa shape index (κ3) is 2.61. The lowest BCUT2D eigenvalue weighted by Gasteiger charge is -2.27. The number of amides is 1. The van der Waals surface area contributed by atoms with Gasteiger partial charge in [0.05, 0.1) is 0 Å². The number of carbonyl (C=O) groups excluding carboxylic acids is 1. The molecule has 2 N–H and O–H groups in total. The second kappa shape index (κ2) is 5.89. The number of rotatable bonds is 2. The summed E-state index contributed by atoms with van der Waals surface area (Å²) in [5, 5.41) is 10.4. The summed E-state index contributed by atoms with van der Waals surface area (Å²) >= 11 is 1.16. The number of sulfonamides is 1. The number of nitrogens with one attached hydrogen (secondary N) is 1. The molecular weight excluding hydrogens is 355 g/mol. The Morgan fingerprint density at radius 3 is 2.75 bits per heavy atom. The highest BCUT2D eigenvalue weighted by atomic mass is 32.3. The second-order valence-corrected chi connectivity index (χ2v) is 9.29. The molecule has 0 bridgehead atoms. The van der Waals surface area contributed by atoms with Crippen LogP contribution >= 0.6 is 11.8 Å². The Hall–Kier alpha value is -1.87. The maximum Gasteiger partial charge on any atom is 0.355 e. The number of carbonyl (C=O) groups is 1. The van der Waals surface area contributed by atoms with Crippen molar-refractivity contribution in [3.63, 3.8) is 0 Å². The fraction of sp³-hybridized carbons (Fsp3) is 0.333. The number of halogens is 1. The maximum absolute atomic E-state index is 13.7. The molecule has 9 heteroatoms. The summed E-state index contributed by atoms with van der Waals surface area (Å²) in [6, 6.07) is 5.71. The van der Waals surface area contributed by atoms with Crippen LogP contribution in [0, 0.1) is 11.7 Å². The van der Waals surface area contributed by atoms with Gasteiger partial charge in [0.2, 0.25) is 5.69 Å². The van der Waals surface area contributed by atoms with Gasteiger partial charge in [-0.1, -0.05) is 19.1 Å². The Morgan fingerprint density at radius 2 is 2.08 bits per heavy atom. The van der Waals surface area contributed by atoms with Gasteiger partial charge in [-0.05, 0) is 18.1 Å². The highest BCUT2D eigenvalue weighted by Crippen LogP contribution is 2.47. The topological polar surface area (TPSA) is 88.7 Å². The summed E-state index contributed by atoms with van der Waals surface area (Å²) in [5.41, 5.74) is 0.372. The third-order valence-corrected chi connectivity index (χ3v) is 7.59. The number of aliphatic hydroxyl groups excluding tert-OH is 1. The fourth-order valence-corrected chi connectivity index (χ4v) is 6.20. The first kappa shape index (κ1) is 17.0. The van der Waals surface area contributed by atoms with E-state index in [1.807, 2.05) is 6.92 Å². The van der Waals surface area contributed by atoms with Crippen LogP contribution in [0.4, 0.5) is 10.1 Å². The van der Waals surface area contributed by atoms with Crippen molar-refractivity contribution >= 4 is 39.3 Å². The van der Waals surface area contributed by atoms with Crippen LogP contribution in [0.3, 0.4) is 0 Å². The Balaban J connectivity index is 2.11. The molecule has 2 aliphatic heterocycles. The molecule has 2 heterocycles. The van der Waals surface area contributed by atoms with Crippen molar-refractivity contribution in [1.82, 2.24) is 4.31 Å². The van der Waals surface area contributed by atoms with Crippen molar-refractivity contribution in [2.24, 2.45) is 5.92 Å². The standard InChI is InChI=1S/C15H15FN2O4S2/c1-8-7-9-12(13(19)17-11-6-4-3-5-10(11)16)14(20)18(2)24(21,22)15(9)23-8/h3-6,8,12H,7H2,1-2H3,(H,17,19)/p+1. The molecule has 3 rings (SSSR count). The van der Waals surface area contributed by atoms with E-state index >= 15 is 0 Å². The van der Waals surface area contributed by atoms with Crippen LogP contribution in [0.2, 0.25) is 0 Å². The molecule has 0 saturated heterocycles. The van der Waals surface area contributed by atoms with E-state index in [0.717, 1.165) is 18.8 Å². The van der Waals surface area contributed by atoms with Gasteiger partial charge in [0, 0.05) is 18.4 Å². The normalized spacial score (nSPS) is 26.7. The van der Waals surface area contributed by atoms with Crippen molar-refractivity contribution in [1.29, 1.82) is 0 Å². The van der Waals surface area contributed by atoms with Crippen molar-refractivity contribution in [3.05, 3.63) is 39.9 Å². The van der Waals surface area contributed by atoms with Gasteiger partial charge in [-0.15, -0.1) is 11.8 Å². The zero-order valence-electron chi connectivity index (χ0n) is 13.0. The summed E-state index contributed by atoms with van der Waals surface area (Å²) in [7, 11) is -2.71. The first-order valence-electron chi connectivity index (χ1n) is 7.23. The van der Waals surface area contributed by atoms with Crippen LogP contribution in [0.5, 0.6) is 0 Å². The molecule has 0 fully saturated rings. The molecule has 0 aliphatic carbocycles. The van der Waals surface area contributed by atoms with Crippen LogP contribution in [0.15, 0.2) is 34.1 Å². The van der Waals surface area contributed by atoms with E-state index in [2.05, 4.69) is 4.99 Å². The van der Waals surface area contributed by atoms with Gasteiger partial charge < -0.3 is 5.11 Å². The van der Waals surface area contributed by atoms with Crippen LogP contribution in [-0.2, 0) is 14.8 Å². The van der Waals surface area contributed by atoms with E-state index in [1.165, 1.54) is 18.2 Å². The van der Waals surface area contributed by atoms with Crippen molar-refractivity contribution in [3.8, 4) is 0 Å². The molecule has 0 aromatic heterocycles.